The number of hydrogen-bond donors (Lipinski definition) is 1. The minimum absolute atomic E-state index is 0.0620. The number of amides is 1. The zero-order valence-corrected chi connectivity index (χ0v) is 10.5. The second-order valence-corrected chi connectivity index (χ2v) is 3.98. The molecular formula is C13H14FN3O2. The van der Waals surface area contributed by atoms with Crippen LogP contribution in [0, 0.1) is 5.82 Å². The van der Waals surface area contributed by atoms with Crippen LogP contribution < -0.4 is 5.32 Å². The lowest BCUT2D eigenvalue weighted by molar-refractivity contribution is -0.121. The van der Waals surface area contributed by atoms with Crippen LogP contribution in [-0.4, -0.2) is 22.6 Å². The van der Waals surface area contributed by atoms with E-state index in [2.05, 4.69) is 15.5 Å². The third kappa shape index (κ3) is 3.61. The topological polar surface area (TPSA) is 68.0 Å². The minimum Gasteiger partial charge on any atom is -0.356 e. The molecule has 19 heavy (non-hydrogen) atoms. The first-order chi connectivity index (χ1) is 9.19. The highest BCUT2D eigenvalue weighted by Crippen LogP contribution is 2.17. The molecule has 0 atom stereocenters. The van der Waals surface area contributed by atoms with Gasteiger partial charge in [-0.1, -0.05) is 17.3 Å². The summed E-state index contributed by atoms with van der Waals surface area (Å²) in [6, 6.07) is 5.95. The third-order valence-corrected chi connectivity index (χ3v) is 2.49. The summed E-state index contributed by atoms with van der Waals surface area (Å²) in [7, 11) is 0. The van der Waals surface area contributed by atoms with Gasteiger partial charge in [0, 0.05) is 24.9 Å². The first-order valence-electron chi connectivity index (χ1n) is 6.04. The van der Waals surface area contributed by atoms with Crippen LogP contribution in [0.2, 0.25) is 0 Å². The Bertz CT molecular complexity index is 569. The Morgan fingerprint density at radius 2 is 2.32 bits per heavy atom. The van der Waals surface area contributed by atoms with E-state index in [4.69, 9.17) is 4.52 Å². The van der Waals surface area contributed by atoms with E-state index in [0.717, 1.165) is 0 Å². The Balaban J connectivity index is 2.01. The summed E-state index contributed by atoms with van der Waals surface area (Å²) in [5.74, 6) is 0.273. The lowest BCUT2D eigenvalue weighted by Crippen LogP contribution is -2.22. The largest absolute Gasteiger partial charge is 0.356 e. The van der Waals surface area contributed by atoms with E-state index in [9.17, 15) is 9.18 Å². The quantitative estimate of drug-likeness (QED) is 0.895. The fourth-order valence-electron chi connectivity index (χ4n) is 1.61. The maximum Gasteiger partial charge on any atom is 0.227 e. The number of carbonyl (C=O) groups excluding carboxylic acids is 1. The summed E-state index contributed by atoms with van der Waals surface area (Å²) in [5, 5.41) is 6.45. The van der Waals surface area contributed by atoms with Crippen molar-refractivity contribution >= 4 is 5.91 Å². The number of benzene rings is 1. The van der Waals surface area contributed by atoms with Crippen LogP contribution in [0.15, 0.2) is 28.8 Å². The summed E-state index contributed by atoms with van der Waals surface area (Å²) >= 11 is 0. The molecule has 1 N–H and O–H groups in total. The Kier molecular flexibility index (Phi) is 4.22. The van der Waals surface area contributed by atoms with Crippen LogP contribution in [0.5, 0.6) is 0 Å². The van der Waals surface area contributed by atoms with Crippen molar-refractivity contribution in [2.75, 3.05) is 6.54 Å². The van der Waals surface area contributed by atoms with Crippen LogP contribution in [0.3, 0.4) is 0 Å². The molecule has 5 nitrogen and oxygen atoms in total. The number of nitrogens with one attached hydrogen (secondary N) is 1. The van der Waals surface area contributed by atoms with E-state index in [1.54, 1.807) is 12.1 Å². The summed E-state index contributed by atoms with van der Waals surface area (Å²) in [4.78, 5) is 15.4. The zero-order chi connectivity index (χ0) is 13.7. The average Bonchev–Trinajstić information content (AvgIpc) is 2.85. The molecular weight excluding hydrogens is 249 g/mol. The molecule has 0 fully saturated rings. The van der Waals surface area contributed by atoms with Crippen molar-refractivity contribution in [1.82, 2.24) is 15.5 Å². The highest BCUT2D eigenvalue weighted by Gasteiger charge is 2.10. The van der Waals surface area contributed by atoms with Crippen LogP contribution in [0.4, 0.5) is 4.39 Å². The van der Waals surface area contributed by atoms with Gasteiger partial charge >= 0.3 is 0 Å². The van der Waals surface area contributed by atoms with E-state index in [1.807, 2.05) is 6.92 Å². The van der Waals surface area contributed by atoms with E-state index in [1.165, 1.54) is 12.1 Å². The van der Waals surface area contributed by atoms with Gasteiger partial charge in [0.15, 0.2) is 0 Å². The number of carbonyl (C=O) groups is 1. The Hall–Kier alpha value is -2.24. The van der Waals surface area contributed by atoms with Gasteiger partial charge in [-0.25, -0.2) is 4.39 Å². The Morgan fingerprint density at radius 1 is 1.47 bits per heavy atom. The number of nitrogens with zero attached hydrogens (tertiary/aromatic N) is 2. The summed E-state index contributed by atoms with van der Waals surface area (Å²) < 4.78 is 18.1. The van der Waals surface area contributed by atoms with Crippen LogP contribution in [-0.2, 0) is 11.2 Å². The van der Waals surface area contributed by atoms with Crippen molar-refractivity contribution in [1.29, 1.82) is 0 Å². The standard InChI is InChI=1S/C13H14FN3O2/c1-2-15-11(18)6-7-12-16-13(17-19-12)9-4-3-5-10(14)8-9/h3-5,8H,2,6-7H2,1H3,(H,15,18). The fraction of sp³-hybridized carbons (Fsp3) is 0.308. The molecule has 1 amide bonds. The second kappa shape index (κ2) is 6.08. The molecule has 0 aliphatic rings. The van der Waals surface area contributed by atoms with Gasteiger partial charge in [-0.2, -0.15) is 4.98 Å². The van der Waals surface area contributed by atoms with Crippen molar-refractivity contribution in [3.63, 3.8) is 0 Å². The summed E-state index contributed by atoms with van der Waals surface area (Å²) in [5.41, 5.74) is 0.549. The molecule has 0 aliphatic heterocycles. The minimum atomic E-state index is -0.355. The van der Waals surface area contributed by atoms with Gasteiger partial charge in [-0.3, -0.25) is 4.79 Å². The first-order valence-corrected chi connectivity index (χ1v) is 6.04. The molecule has 6 heteroatoms. The molecule has 0 unspecified atom stereocenters. The molecule has 0 radical (unpaired) electrons. The number of aryl methyl sites for hydroxylation is 1. The van der Waals surface area contributed by atoms with Gasteiger partial charge in [0.25, 0.3) is 0 Å². The van der Waals surface area contributed by atoms with Gasteiger partial charge < -0.3 is 9.84 Å². The second-order valence-electron chi connectivity index (χ2n) is 3.98. The number of aromatic nitrogens is 2. The average molecular weight is 263 g/mol. The van der Waals surface area contributed by atoms with Crippen molar-refractivity contribution in [2.45, 2.75) is 19.8 Å². The first kappa shape index (κ1) is 13.2. The zero-order valence-electron chi connectivity index (χ0n) is 10.5. The van der Waals surface area contributed by atoms with E-state index in [0.29, 0.717) is 36.7 Å². The molecule has 1 heterocycles. The van der Waals surface area contributed by atoms with E-state index < -0.39 is 0 Å². The highest BCUT2D eigenvalue weighted by molar-refractivity contribution is 5.75. The highest BCUT2D eigenvalue weighted by atomic mass is 19.1. The fourth-order valence-corrected chi connectivity index (χ4v) is 1.61. The van der Waals surface area contributed by atoms with Crippen molar-refractivity contribution < 1.29 is 13.7 Å². The molecule has 0 aliphatic carbocycles. The van der Waals surface area contributed by atoms with Crippen molar-refractivity contribution in [3.8, 4) is 11.4 Å². The van der Waals surface area contributed by atoms with E-state index >= 15 is 0 Å². The van der Waals surface area contributed by atoms with Gasteiger partial charge in [-0.15, -0.1) is 0 Å². The molecule has 2 rings (SSSR count). The Morgan fingerprint density at radius 3 is 3.05 bits per heavy atom. The normalized spacial score (nSPS) is 10.4. The lowest BCUT2D eigenvalue weighted by Gasteiger charge is -1.98. The van der Waals surface area contributed by atoms with Gasteiger partial charge in [0.2, 0.25) is 17.6 Å². The third-order valence-electron chi connectivity index (χ3n) is 2.49. The van der Waals surface area contributed by atoms with Crippen molar-refractivity contribution in [2.24, 2.45) is 0 Å². The van der Waals surface area contributed by atoms with Gasteiger partial charge in [-0.05, 0) is 19.1 Å². The van der Waals surface area contributed by atoms with Crippen LogP contribution in [0.1, 0.15) is 19.2 Å². The molecule has 2 aromatic rings. The van der Waals surface area contributed by atoms with Gasteiger partial charge in [0.1, 0.15) is 5.82 Å². The molecule has 0 saturated carbocycles. The van der Waals surface area contributed by atoms with Gasteiger partial charge in [0.05, 0.1) is 0 Å². The number of hydrogen-bond acceptors (Lipinski definition) is 4. The number of halogens is 1. The molecule has 1 aromatic heterocycles. The molecule has 0 bridgehead atoms. The summed E-state index contributed by atoms with van der Waals surface area (Å²) in [6.07, 6.45) is 0.659. The number of rotatable bonds is 5. The smallest absolute Gasteiger partial charge is 0.227 e. The lowest BCUT2D eigenvalue weighted by atomic mass is 10.2. The molecule has 0 saturated heterocycles. The molecule has 1 aromatic carbocycles. The summed E-state index contributed by atoms with van der Waals surface area (Å²) in [6.45, 7) is 2.45. The molecule has 100 valence electrons. The van der Waals surface area contributed by atoms with E-state index in [-0.39, 0.29) is 11.7 Å². The van der Waals surface area contributed by atoms with Crippen molar-refractivity contribution in [3.05, 3.63) is 36.0 Å². The SMILES string of the molecule is CCNC(=O)CCc1nc(-c2cccc(F)c2)no1. The maximum atomic E-state index is 13.1. The van der Waals surface area contributed by atoms with Crippen LogP contribution >= 0.6 is 0 Å². The maximum absolute atomic E-state index is 13.1. The predicted octanol–water partition coefficient (Wildman–Crippen LogP) is 1.94. The molecule has 0 spiro atoms. The Labute approximate surface area is 109 Å². The predicted molar refractivity (Wildman–Crippen MR) is 66.7 cm³/mol. The monoisotopic (exact) mass is 263 g/mol. The van der Waals surface area contributed by atoms with Crippen LogP contribution in [0.25, 0.3) is 11.4 Å².